The van der Waals surface area contributed by atoms with E-state index in [1.54, 1.807) is 32.0 Å². The highest BCUT2D eigenvalue weighted by atomic mass is 35.5. The van der Waals surface area contributed by atoms with Gasteiger partial charge < -0.3 is 10.2 Å². The van der Waals surface area contributed by atoms with Gasteiger partial charge in [-0.1, -0.05) is 11.3 Å². The number of aromatic nitrogens is 1. The van der Waals surface area contributed by atoms with Crippen LogP contribution in [0.1, 0.15) is 13.8 Å². The maximum Gasteiger partial charge on any atom is 0.243 e. The molecule has 27 heavy (non-hydrogen) atoms. The van der Waals surface area contributed by atoms with Crippen molar-refractivity contribution in [3.63, 3.8) is 0 Å². The maximum atomic E-state index is 12.9. The van der Waals surface area contributed by atoms with Crippen molar-refractivity contribution in [3.05, 3.63) is 18.2 Å². The summed E-state index contributed by atoms with van der Waals surface area (Å²) in [6.07, 6.45) is 0. The SMILES string of the molecule is CN1CCN(S(=O)(=O)c2ccc3nc(NC(=O)C(C)(C)CCl)sc3c2)CC1. The number of benzene rings is 1. The Balaban J connectivity index is 1.84. The molecular formula is C17H23ClN4O3S2. The van der Waals surface area contributed by atoms with E-state index in [1.165, 1.54) is 15.6 Å². The van der Waals surface area contributed by atoms with Crippen molar-refractivity contribution < 1.29 is 13.2 Å². The van der Waals surface area contributed by atoms with Gasteiger partial charge in [-0.2, -0.15) is 4.31 Å². The number of alkyl halides is 1. The molecule has 10 heteroatoms. The van der Waals surface area contributed by atoms with E-state index in [4.69, 9.17) is 11.6 Å². The number of halogens is 1. The van der Waals surface area contributed by atoms with E-state index < -0.39 is 15.4 Å². The molecular weight excluding hydrogens is 408 g/mol. The van der Waals surface area contributed by atoms with Gasteiger partial charge in [-0.15, -0.1) is 11.6 Å². The van der Waals surface area contributed by atoms with E-state index >= 15 is 0 Å². The lowest BCUT2D eigenvalue weighted by Crippen LogP contribution is -2.46. The fourth-order valence-electron chi connectivity index (χ4n) is 2.62. The first-order chi connectivity index (χ1) is 12.6. The van der Waals surface area contributed by atoms with E-state index in [0.29, 0.717) is 41.5 Å². The molecule has 0 atom stereocenters. The van der Waals surface area contributed by atoms with Crippen LogP contribution in [0.4, 0.5) is 5.13 Å². The van der Waals surface area contributed by atoms with Crippen LogP contribution in [0, 0.1) is 5.41 Å². The fraction of sp³-hybridized carbons (Fsp3) is 0.529. The van der Waals surface area contributed by atoms with Crippen molar-refractivity contribution in [2.24, 2.45) is 5.41 Å². The molecule has 3 rings (SSSR count). The summed E-state index contributed by atoms with van der Waals surface area (Å²) in [5.74, 6) is -0.0289. The molecule has 0 bridgehead atoms. The Morgan fingerprint density at radius 2 is 1.96 bits per heavy atom. The second-order valence-corrected chi connectivity index (χ2v) is 10.6. The number of hydrogen-bond acceptors (Lipinski definition) is 6. The number of thiazole rings is 1. The second-order valence-electron chi connectivity index (χ2n) is 7.33. The number of hydrogen-bond donors (Lipinski definition) is 1. The molecule has 0 radical (unpaired) electrons. The summed E-state index contributed by atoms with van der Waals surface area (Å²) in [7, 11) is -1.56. The minimum Gasteiger partial charge on any atom is -0.304 e. The molecule has 1 aromatic heterocycles. The van der Waals surface area contributed by atoms with Crippen LogP contribution in [-0.4, -0.2) is 67.6 Å². The number of anilines is 1. The predicted molar refractivity (Wildman–Crippen MR) is 109 cm³/mol. The quantitative estimate of drug-likeness (QED) is 0.736. The highest BCUT2D eigenvalue weighted by molar-refractivity contribution is 7.89. The van der Waals surface area contributed by atoms with Gasteiger partial charge in [-0.05, 0) is 39.1 Å². The standard InChI is InChI=1S/C17H23ClN4O3S2/c1-17(2,11-18)15(23)20-16-19-13-5-4-12(10-14(13)26-16)27(24,25)22-8-6-21(3)7-9-22/h4-5,10H,6-9,11H2,1-3H3,(H,19,20,23). The number of amides is 1. The van der Waals surface area contributed by atoms with Crippen LogP contribution in [0.2, 0.25) is 0 Å². The van der Waals surface area contributed by atoms with Crippen LogP contribution in [-0.2, 0) is 14.8 Å². The molecule has 2 aromatic rings. The second kappa shape index (κ2) is 7.63. The molecule has 1 aliphatic rings. The van der Waals surface area contributed by atoms with Gasteiger partial charge in [-0.3, -0.25) is 4.79 Å². The number of piperazine rings is 1. The number of carbonyl (C=O) groups is 1. The largest absolute Gasteiger partial charge is 0.304 e. The van der Waals surface area contributed by atoms with Crippen molar-refractivity contribution in [2.45, 2.75) is 18.7 Å². The minimum atomic E-state index is -3.54. The van der Waals surface area contributed by atoms with Crippen molar-refractivity contribution in [1.29, 1.82) is 0 Å². The lowest BCUT2D eigenvalue weighted by molar-refractivity contribution is -0.122. The first kappa shape index (κ1) is 20.5. The normalized spacial score (nSPS) is 17.3. The average Bonchev–Trinajstić information content (AvgIpc) is 3.03. The van der Waals surface area contributed by atoms with Gasteiger partial charge in [0.15, 0.2) is 5.13 Å². The van der Waals surface area contributed by atoms with Gasteiger partial charge in [0.1, 0.15) is 0 Å². The topological polar surface area (TPSA) is 82.6 Å². The van der Waals surface area contributed by atoms with Gasteiger partial charge in [0.2, 0.25) is 15.9 Å². The molecule has 148 valence electrons. The van der Waals surface area contributed by atoms with E-state index in [1.807, 2.05) is 7.05 Å². The fourth-order valence-corrected chi connectivity index (χ4v) is 5.17. The molecule has 0 unspecified atom stereocenters. The van der Waals surface area contributed by atoms with Gasteiger partial charge in [0.05, 0.1) is 20.5 Å². The highest BCUT2D eigenvalue weighted by Crippen LogP contribution is 2.30. The monoisotopic (exact) mass is 430 g/mol. The third-order valence-corrected chi connectivity index (χ3v) is 8.13. The molecule has 1 amide bonds. The maximum absolute atomic E-state index is 12.9. The molecule has 0 spiro atoms. The number of nitrogens with zero attached hydrogens (tertiary/aromatic N) is 3. The van der Waals surface area contributed by atoms with Crippen molar-refractivity contribution in [2.75, 3.05) is 44.4 Å². The summed E-state index contributed by atoms with van der Waals surface area (Å²) < 4.78 is 28.0. The van der Waals surface area contributed by atoms with Crippen molar-refractivity contribution in [1.82, 2.24) is 14.2 Å². The van der Waals surface area contributed by atoms with Crippen LogP contribution in [0.5, 0.6) is 0 Å². The molecule has 1 saturated heterocycles. The Morgan fingerprint density at radius 1 is 1.30 bits per heavy atom. The summed E-state index contributed by atoms with van der Waals surface area (Å²) in [5, 5.41) is 3.20. The molecule has 7 nitrogen and oxygen atoms in total. The summed E-state index contributed by atoms with van der Waals surface area (Å²) in [6, 6.07) is 4.88. The number of likely N-dealkylation sites (N-methyl/N-ethyl adjacent to an activating group) is 1. The Morgan fingerprint density at radius 3 is 2.59 bits per heavy atom. The lowest BCUT2D eigenvalue weighted by atomic mass is 9.95. The number of fused-ring (bicyclic) bond motifs is 1. The Kier molecular flexibility index (Phi) is 5.79. The zero-order chi connectivity index (χ0) is 19.8. The molecule has 0 aliphatic carbocycles. The molecule has 1 fully saturated rings. The Bertz CT molecular complexity index is 950. The van der Waals surface area contributed by atoms with Gasteiger partial charge >= 0.3 is 0 Å². The molecule has 1 N–H and O–H groups in total. The van der Waals surface area contributed by atoms with Gasteiger partial charge in [0.25, 0.3) is 0 Å². The van der Waals surface area contributed by atoms with Crippen molar-refractivity contribution >= 4 is 54.2 Å². The molecule has 2 heterocycles. The summed E-state index contributed by atoms with van der Waals surface area (Å²) in [4.78, 5) is 19.0. The van der Waals surface area contributed by atoms with Crippen LogP contribution >= 0.6 is 22.9 Å². The zero-order valence-corrected chi connectivity index (χ0v) is 17.9. The van der Waals surface area contributed by atoms with Gasteiger partial charge in [0, 0.05) is 32.1 Å². The number of carbonyl (C=O) groups excluding carboxylic acids is 1. The Hall–Kier alpha value is -1.26. The average molecular weight is 431 g/mol. The van der Waals surface area contributed by atoms with Crippen molar-refractivity contribution in [3.8, 4) is 0 Å². The van der Waals surface area contributed by atoms with E-state index in [2.05, 4.69) is 15.2 Å². The highest BCUT2D eigenvalue weighted by Gasteiger charge is 2.29. The smallest absolute Gasteiger partial charge is 0.243 e. The third-order valence-electron chi connectivity index (χ3n) is 4.63. The lowest BCUT2D eigenvalue weighted by Gasteiger charge is -2.31. The summed E-state index contributed by atoms with van der Waals surface area (Å²) in [6.45, 7) is 5.90. The first-order valence-corrected chi connectivity index (χ1v) is 11.4. The Labute approximate surface area is 168 Å². The molecule has 1 aliphatic heterocycles. The number of rotatable bonds is 5. The summed E-state index contributed by atoms with van der Waals surface area (Å²) in [5.41, 5.74) is -0.0636. The van der Waals surface area contributed by atoms with Gasteiger partial charge in [-0.25, -0.2) is 13.4 Å². The molecule has 1 aromatic carbocycles. The molecule has 0 saturated carbocycles. The van der Waals surface area contributed by atoms with Crippen LogP contribution in [0.15, 0.2) is 23.1 Å². The zero-order valence-electron chi connectivity index (χ0n) is 15.5. The third kappa shape index (κ3) is 4.27. The predicted octanol–water partition coefficient (Wildman–Crippen LogP) is 2.44. The number of sulfonamides is 1. The van der Waals surface area contributed by atoms with E-state index in [0.717, 1.165) is 0 Å². The number of nitrogens with one attached hydrogen (secondary N) is 1. The van der Waals surface area contributed by atoms with Crippen LogP contribution < -0.4 is 5.32 Å². The summed E-state index contributed by atoms with van der Waals surface area (Å²) >= 11 is 7.09. The van der Waals surface area contributed by atoms with E-state index in [9.17, 15) is 13.2 Å². The minimum absolute atomic E-state index is 0.192. The first-order valence-electron chi connectivity index (χ1n) is 8.60. The van der Waals surface area contributed by atoms with Crippen LogP contribution in [0.25, 0.3) is 10.2 Å². The van der Waals surface area contributed by atoms with E-state index in [-0.39, 0.29) is 16.7 Å². The van der Waals surface area contributed by atoms with Crippen LogP contribution in [0.3, 0.4) is 0 Å².